The maximum Gasteiger partial charge on any atom is 0.193 e. The van der Waals surface area contributed by atoms with Gasteiger partial charge in [0.2, 0.25) is 0 Å². The van der Waals surface area contributed by atoms with Crippen molar-refractivity contribution in [3.63, 3.8) is 0 Å². The van der Waals surface area contributed by atoms with Crippen LogP contribution in [0.4, 0.5) is 0 Å². The lowest BCUT2D eigenvalue weighted by Crippen LogP contribution is -2.12. The molecule has 0 amide bonds. The molecule has 0 saturated heterocycles. The standard InChI is InChI=1S/C18H13BrO4/c1-10-2-3-13-15(20)7-17(23-16(13)4-10)14-6-12(19)5-11-8-21-9-22-18(11)14/h2-7H,8-9H2,1H3. The Morgan fingerprint density at radius 3 is 2.87 bits per heavy atom. The van der Waals surface area contributed by atoms with Gasteiger partial charge < -0.3 is 13.9 Å². The maximum atomic E-state index is 12.4. The molecule has 0 aliphatic carbocycles. The van der Waals surface area contributed by atoms with Crippen LogP contribution in [0.1, 0.15) is 11.1 Å². The molecular weight excluding hydrogens is 360 g/mol. The predicted octanol–water partition coefficient (Wildman–Crippen LogP) is 4.40. The molecule has 2 heterocycles. The predicted molar refractivity (Wildman–Crippen MR) is 90.6 cm³/mol. The fraction of sp³-hybridized carbons (Fsp3) is 0.167. The van der Waals surface area contributed by atoms with E-state index in [0.29, 0.717) is 29.1 Å². The van der Waals surface area contributed by atoms with Gasteiger partial charge in [0.05, 0.1) is 17.6 Å². The van der Waals surface area contributed by atoms with Crippen molar-refractivity contribution < 1.29 is 13.9 Å². The minimum Gasteiger partial charge on any atom is -0.466 e. The van der Waals surface area contributed by atoms with E-state index < -0.39 is 0 Å². The SMILES string of the molecule is Cc1ccc2c(=O)cc(-c3cc(Br)cc4c3OCOC4)oc2c1. The van der Waals surface area contributed by atoms with Crippen LogP contribution < -0.4 is 10.2 Å². The second-order valence-electron chi connectivity index (χ2n) is 5.53. The van der Waals surface area contributed by atoms with E-state index in [4.69, 9.17) is 13.9 Å². The third kappa shape index (κ3) is 2.56. The van der Waals surface area contributed by atoms with Crippen molar-refractivity contribution in [1.29, 1.82) is 0 Å². The minimum atomic E-state index is -0.0676. The molecule has 1 aliphatic rings. The second-order valence-corrected chi connectivity index (χ2v) is 6.44. The monoisotopic (exact) mass is 372 g/mol. The van der Waals surface area contributed by atoms with E-state index >= 15 is 0 Å². The Kier molecular flexibility index (Phi) is 3.47. The maximum absolute atomic E-state index is 12.4. The quantitative estimate of drug-likeness (QED) is 0.635. The summed E-state index contributed by atoms with van der Waals surface area (Å²) in [4.78, 5) is 12.4. The Morgan fingerprint density at radius 1 is 1.13 bits per heavy atom. The summed E-state index contributed by atoms with van der Waals surface area (Å²) in [5.74, 6) is 1.20. The molecule has 0 unspecified atom stereocenters. The molecule has 0 radical (unpaired) electrons. The minimum absolute atomic E-state index is 0.0676. The summed E-state index contributed by atoms with van der Waals surface area (Å²) < 4.78 is 17.8. The first-order chi connectivity index (χ1) is 11.1. The molecule has 0 saturated carbocycles. The van der Waals surface area contributed by atoms with Crippen LogP contribution in [-0.4, -0.2) is 6.79 Å². The van der Waals surface area contributed by atoms with Crippen molar-refractivity contribution in [2.24, 2.45) is 0 Å². The Bertz CT molecular complexity index is 975. The van der Waals surface area contributed by atoms with Crippen molar-refractivity contribution >= 4 is 26.9 Å². The lowest BCUT2D eigenvalue weighted by molar-refractivity contribution is -0.0160. The first-order valence-electron chi connectivity index (χ1n) is 7.20. The summed E-state index contributed by atoms with van der Waals surface area (Å²) in [5, 5.41) is 0.576. The van der Waals surface area contributed by atoms with Crippen molar-refractivity contribution in [3.05, 3.63) is 62.2 Å². The summed E-state index contributed by atoms with van der Waals surface area (Å²) in [6, 6.07) is 10.9. The zero-order valence-electron chi connectivity index (χ0n) is 12.4. The molecule has 0 atom stereocenters. The van der Waals surface area contributed by atoms with Crippen LogP contribution in [0.25, 0.3) is 22.3 Å². The summed E-state index contributed by atoms with van der Waals surface area (Å²) >= 11 is 3.49. The lowest BCUT2D eigenvalue weighted by Gasteiger charge is -2.20. The average molecular weight is 373 g/mol. The first kappa shape index (κ1) is 14.5. The molecular formula is C18H13BrO4. The van der Waals surface area contributed by atoms with Gasteiger partial charge in [0.15, 0.2) is 12.2 Å². The largest absolute Gasteiger partial charge is 0.466 e. The molecule has 0 fully saturated rings. The molecule has 116 valence electrons. The molecule has 4 nitrogen and oxygen atoms in total. The molecule has 2 aromatic carbocycles. The molecule has 23 heavy (non-hydrogen) atoms. The van der Waals surface area contributed by atoms with E-state index in [1.807, 2.05) is 31.2 Å². The third-order valence-electron chi connectivity index (χ3n) is 3.82. The highest BCUT2D eigenvalue weighted by atomic mass is 79.9. The van der Waals surface area contributed by atoms with Crippen LogP contribution in [0.2, 0.25) is 0 Å². The third-order valence-corrected chi connectivity index (χ3v) is 4.28. The van der Waals surface area contributed by atoms with Crippen LogP contribution in [0, 0.1) is 6.92 Å². The highest BCUT2D eigenvalue weighted by Gasteiger charge is 2.20. The highest BCUT2D eigenvalue weighted by Crippen LogP contribution is 2.38. The van der Waals surface area contributed by atoms with Gasteiger partial charge in [0.1, 0.15) is 17.1 Å². The van der Waals surface area contributed by atoms with Crippen molar-refractivity contribution in [3.8, 4) is 17.1 Å². The van der Waals surface area contributed by atoms with Gasteiger partial charge in [-0.1, -0.05) is 22.0 Å². The molecule has 0 spiro atoms. The average Bonchev–Trinajstić information content (AvgIpc) is 2.53. The highest BCUT2D eigenvalue weighted by molar-refractivity contribution is 9.10. The summed E-state index contributed by atoms with van der Waals surface area (Å²) in [5.41, 5.74) is 3.22. The number of fused-ring (bicyclic) bond motifs is 2. The van der Waals surface area contributed by atoms with E-state index in [2.05, 4.69) is 15.9 Å². The van der Waals surface area contributed by atoms with Crippen LogP contribution >= 0.6 is 15.9 Å². The van der Waals surface area contributed by atoms with Gasteiger partial charge in [-0.05, 0) is 36.8 Å². The number of aryl methyl sites for hydroxylation is 1. The van der Waals surface area contributed by atoms with Gasteiger partial charge in [-0.25, -0.2) is 0 Å². The van der Waals surface area contributed by atoms with Crippen LogP contribution in [0.15, 0.2) is 50.1 Å². The number of ether oxygens (including phenoxy) is 2. The first-order valence-corrected chi connectivity index (χ1v) is 7.99. The van der Waals surface area contributed by atoms with Crippen molar-refractivity contribution in [2.75, 3.05) is 6.79 Å². The summed E-state index contributed by atoms with van der Waals surface area (Å²) in [6.07, 6.45) is 0. The van der Waals surface area contributed by atoms with E-state index in [-0.39, 0.29) is 12.2 Å². The van der Waals surface area contributed by atoms with Crippen LogP contribution in [0.5, 0.6) is 5.75 Å². The smallest absolute Gasteiger partial charge is 0.193 e. The Labute approximate surface area is 140 Å². The Hall–Kier alpha value is -2.11. The normalized spacial score (nSPS) is 13.7. The number of benzene rings is 2. The zero-order valence-corrected chi connectivity index (χ0v) is 14.0. The Morgan fingerprint density at radius 2 is 2.00 bits per heavy atom. The number of hydrogen-bond donors (Lipinski definition) is 0. The van der Waals surface area contributed by atoms with Crippen molar-refractivity contribution in [1.82, 2.24) is 0 Å². The molecule has 4 rings (SSSR count). The Balaban J connectivity index is 1.99. The fourth-order valence-electron chi connectivity index (χ4n) is 2.76. The van der Waals surface area contributed by atoms with E-state index in [1.165, 1.54) is 6.07 Å². The number of halogens is 1. The van der Waals surface area contributed by atoms with Gasteiger partial charge in [-0.3, -0.25) is 4.79 Å². The molecule has 5 heteroatoms. The second kappa shape index (κ2) is 5.51. The van der Waals surface area contributed by atoms with Gasteiger partial charge in [-0.15, -0.1) is 0 Å². The van der Waals surface area contributed by atoms with E-state index in [0.717, 1.165) is 21.2 Å². The molecule has 1 aliphatic heterocycles. The van der Waals surface area contributed by atoms with Gasteiger partial charge in [0.25, 0.3) is 0 Å². The molecule has 0 N–H and O–H groups in total. The van der Waals surface area contributed by atoms with Gasteiger partial charge >= 0.3 is 0 Å². The van der Waals surface area contributed by atoms with Crippen LogP contribution in [-0.2, 0) is 11.3 Å². The molecule has 1 aromatic heterocycles. The van der Waals surface area contributed by atoms with Crippen LogP contribution in [0.3, 0.4) is 0 Å². The van der Waals surface area contributed by atoms with E-state index in [9.17, 15) is 4.79 Å². The van der Waals surface area contributed by atoms with Crippen molar-refractivity contribution in [2.45, 2.75) is 13.5 Å². The molecule has 3 aromatic rings. The topological polar surface area (TPSA) is 48.7 Å². The number of hydrogen-bond acceptors (Lipinski definition) is 4. The lowest BCUT2D eigenvalue weighted by atomic mass is 10.1. The fourth-order valence-corrected chi connectivity index (χ4v) is 3.26. The zero-order chi connectivity index (χ0) is 16.0. The summed E-state index contributed by atoms with van der Waals surface area (Å²) in [6.45, 7) is 2.63. The van der Waals surface area contributed by atoms with E-state index in [1.54, 1.807) is 6.07 Å². The van der Waals surface area contributed by atoms with Gasteiger partial charge in [0, 0.05) is 16.1 Å². The molecule has 0 bridgehead atoms. The number of rotatable bonds is 1. The summed E-state index contributed by atoms with van der Waals surface area (Å²) in [7, 11) is 0. The van der Waals surface area contributed by atoms with Gasteiger partial charge in [-0.2, -0.15) is 0 Å².